The third-order valence-electron chi connectivity index (χ3n) is 5.53. The quantitative estimate of drug-likeness (QED) is 0.628. The van der Waals surface area contributed by atoms with Crippen LogP contribution in [0.2, 0.25) is 0 Å². The lowest BCUT2D eigenvalue weighted by atomic mass is 9.85. The van der Waals surface area contributed by atoms with E-state index in [1.807, 2.05) is 30.3 Å². The van der Waals surface area contributed by atoms with Gasteiger partial charge in [0.2, 0.25) is 5.91 Å². The van der Waals surface area contributed by atoms with Crippen molar-refractivity contribution in [3.63, 3.8) is 0 Å². The summed E-state index contributed by atoms with van der Waals surface area (Å²) in [5.74, 6) is 0.567. The van der Waals surface area contributed by atoms with E-state index in [-0.39, 0.29) is 29.7 Å². The molecule has 1 aromatic heterocycles. The standard InChI is InChI=1S/C24H24FN3O2/c25-19-11-9-16(10-12-19)13-22(29)27-21(17-5-2-1-3-6-17)14-20-15-23(30)28-24(26-20)18-7-4-8-18/h1-3,5-6,9-12,15,18,21H,4,7-8,13-14H2,(H,27,29)(H,26,28,30)/t21-/m0/s1. The van der Waals surface area contributed by atoms with Crippen LogP contribution in [0, 0.1) is 5.82 Å². The Bertz CT molecular complexity index is 1060. The number of amides is 1. The van der Waals surface area contributed by atoms with Crippen LogP contribution in [0.5, 0.6) is 0 Å². The van der Waals surface area contributed by atoms with E-state index in [1.54, 1.807) is 12.1 Å². The van der Waals surface area contributed by atoms with Crippen molar-refractivity contribution in [3.05, 3.63) is 99.5 Å². The maximum atomic E-state index is 13.1. The summed E-state index contributed by atoms with van der Waals surface area (Å²) in [4.78, 5) is 32.4. The fourth-order valence-corrected chi connectivity index (χ4v) is 3.69. The molecule has 1 fully saturated rings. The van der Waals surface area contributed by atoms with E-state index in [2.05, 4.69) is 15.3 Å². The van der Waals surface area contributed by atoms with Gasteiger partial charge in [0.15, 0.2) is 0 Å². The van der Waals surface area contributed by atoms with Gasteiger partial charge in [0.25, 0.3) is 5.56 Å². The molecular formula is C24H24FN3O2. The van der Waals surface area contributed by atoms with Crippen LogP contribution in [0.25, 0.3) is 0 Å². The minimum Gasteiger partial charge on any atom is -0.349 e. The minimum atomic E-state index is -0.330. The van der Waals surface area contributed by atoms with Gasteiger partial charge in [0.1, 0.15) is 11.6 Å². The Morgan fingerprint density at radius 1 is 1.13 bits per heavy atom. The largest absolute Gasteiger partial charge is 0.349 e. The van der Waals surface area contributed by atoms with Crippen molar-refractivity contribution in [2.45, 2.75) is 44.1 Å². The summed E-state index contributed by atoms with van der Waals surface area (Å²) >= 11 is 0. The van der Waals surface area contributed by atoms with E-state index < -0.39 is 0 Å². The van der Waals surface area contributed by atoms with Crippen molar-refractivity contribution >= 4 is 5.91 Å². The smallest absolute Gasteiger partial charge is 0.251 e. The summed E-state index contributed by atoms with van der Waals surface area (Å²) in [6.45, 7) is 0. The molecule has 0 aliphatic heterocycles. The summed E-state index contributed by atoms with van der Waals surface area (Å²) in [6.07, 6.45) is 3.82. The number of aromatic nitrogens is 2. The Balaban J connectivity index is 1.53. The molecule has 1 amide bonds. The molecule has 0 saturated heterocycles. The van der Waals surface area contributed by atoms with E-state index >= 15 is 0 Å². The Labute approximate surface area is 174 Å². The first-order valence-corrected chi connectivity index (χ1v) is 10.3. The molecule has 5 nitrogen and oxygen atoms in total. The van der Waals surface area contributed by atoms with Gasteiger partial charge in [-0.15, -0.1) is 0 Å². The van der Waals surface area contributed by atoms with Gasteiger partial charge in [0, 0.05) is 18.4 Å². The van der Waals surface area contributed by atoms with Crippen molar-refractivity contribution < 1.29 is 9.18 Å². The molecule has 2 N–H and O–H groups in total. The highest BCUT2D eigenvalue weighted by molar-refractivity contribution is 5.79. The van der Waals surface area contributed by atoms with Crippen LogP contribution in [0.4, 0.5) is 4.39 Å². The number of nitrogens with zero attached hydrogens (tertiary/aromatic N) is 1. The molecule has 4 rings (SSSR count). The number of carbonyl (C=O) groups is 1. The number of nitrogens with one attached hydrogen (secondary N) is 2. The molecule has 154 valence electrons. The molecule has 30 heavy (non-hydrogen) atoms. The number of H-pyrrole nitrogens is 1. The SMILES string of the molecule is O=C(Cc1ccc(F)cc1)N[C@@H](Cc1cc(=O)[nH]c(C2CCC2)n1)c1ccccc1. The lowest BCUT2D eigenvalue weighted by molar-refractivity contribution is -0.121. The molecule has 1 heterocycles. The van der Waals surface area contributed by atoms with Gasteiger partial charge in [-0.2, -0.15) is 0 Å². The van der Waals surface area contributed by atoms with Crippen LogP contribution in [0.1, 0.15) is 53.9 Å². The van der Waals surface area contributed by atoms with Crippen molar-refractivity contribution in [1.82, 2.24) is 15.3 Å². The van der Waals surface area contributed by atoms with Crippen LogP contribution in [-0.4, -0.2) is 15.9 Å². The predicted octanol–water partition coefficient (Wildman–Crippen LogP) is 3.82. The van der Waals surface area contributed by atoms with E-state index in [4.69, 9.17) is 0 Å². The van der Waals surface area contributed by atoms with Crippen molar-refractivity contribution in [2.24, 2.45) is 0 Å². The lowest BCUT2D eigenvalue weighted by Crippen LogP contribution is -2.32. The molecular weight excluding hydrogens is 381 g/mol. The second-order valence-corrected chi connectivity index (χ2v) is 7.79. The predicted molar refractivity (Wildman–Crippen MR) is 113 cm³/mol. The molecule has 3 aromatic rings. The van der Waals surface area contributed by atoms with Crippen LogP contribution in [-0.2, 0) is 17.6 Å². The van der Waals surface area contributed by atoms with Gasteiger partial charge in [-0.1, -0.05) is 48.9 Å². The molecule has 0 spiro atoms. The molecule has 0 unspecified atom stereocenters. The van der Waals surface area contributed by atoms with Crippen molar-refractivity contribution in [1.29, 1.82) is 0 Å². The fraction of sp³-hybridized carbons (Fsp3) is 0.292. The zero-order chi connectivity index (χ0) is 20.9. The maximum absolute atomic E-state index is 13.1. The molecule has 1 atom stereocenters. The normalized spacial score (nSPS) is 14.7. The average molecular weight is 405 g/mol. The zero-order valence-electron chi connectivity index (χ0n) is 16.6. The second-order valence-electron chi connectivity index (χ2n) is 7.79. The third-order valence-corrected chi connectivity index (χ3v) is 5.53. The first-order chi connectivity index (χ1) is 14.6. The molecule has 1 aliphatic rings. The molecule has 0 radical (unpaired) electrons. The van der Waals surface area contributed by atoms with E-state index in [9.17, 15) is 14.0 Å². The first-order valence-electron chi connectivity index (χ1n) is 10.3. The molecule has 1 saturated carbocycles. The van der Waals surface area contributed by atoms with E-state index in [0.717, 1.165) is 36.2 Å². The van der Waals surface area contributed by atoms with E-state index in [0.29, 0.717) is 18.0 Å². The minimum absolute atomic E-state index is 0.153. The van der Waals surface area contributed by atoms with Crippen molar-refractivity contribution in [3.8, 4) is 0 Å². The third kappa shape index (κ3) is 5.00. The summed E-state index contributed by atoms with van der Waals surface area (Å²) in [5.41, 5.74) is 2.18. The Hall–Kier alpha value is -3.28. The van der Waals surface area contributed by atoms with E-state index in [1.165, 1.54) is 18.2 Å². The monoisotopic (exact) mass is 405 g/mol. The highest BCUT2D eigenvalue weighted by Gasteiger charge is 2.23. The fourth-order valence-electron chi connectivity index (χ4n) is 3.69. The summed E-state index contributed by atoms with van der Waals surface area (Å²) in [7, 11) is 0. The van der Waals surface area contributed by atoms with Gasteiger partial charge in [-0.25, -0.2) is 9.37 Å². The number of halogens is 1. The molecule has 2 aromatic carbocycles. The van der Waals surface area contributed by atoms with Gasteiger partial charge in [0.05, 0.1) is 18.2 Å². The topological polar surface area (TPSA) is 74.8 Å². The number of hydrogen-bond acceptors (Lipinski definition) is 3. The lowest BCUT2D eigenvalue weighted by Gasteiger charge is -2.25. The second kappa shape index (κ2) is 9.03. The number of aromatic amines is 1. The molecule has 0 bridgehead atoms. The highest BCUT2D eigenvalue weighted by atomic mass is 19.1. The van der Waals surface area contributed by atoms with Gasteiger partial charge < -0.3 is 10.3 Å². The summed E-state index contributed by atoms with van der Waals surface area (Å²) in [6, 6.07) is 16.7. The number of carbonyl (C=O) groups excluding carboxylic acids is 1. The first kappa shape index (κ1) is 20.0. The maximum Gasteiger partial charge on any atom is 0.251 e. The molecule has 6 heteroatoms. The number of rotatable bonds is 7. The Morgan fingerprint density at radius 3 is 2.53 bits per heavy atom. The van der Waals surface area contributed by atoms with Crippen LogP contribution in [0.3, 0.4) is 0 Å². The zero-order valence-corrected chi connectivity index (χ0v) is 16.6. The highest BCUT2D eigenvalue weighted by Crippen LogP contribution is 2.34. The average Bonchev–Trinajstić information content (AvgIpc) is 2.68. The van der Waals surface area contributed by atoms with Gasteiger partial charge in [-0.05, 0) is 36.1 Å². The van der Waals surface area contributed by atoms with Crippen LogP contribution >= 0.6 is 0 Å². The van der Waals surface area contributed by atoms with Crippen LogP contribution in [0.15, 0.2) is 65.5 Å². The number of benzene rings is 2. The van der Waals surface area contributed by atoms with Crippen LogP contribution < -0.4 is 10.9 Å². The van der Waals surface area contributed by atoms with Crippen molar-refractivity contribution in [2.75, 3.05) is 0 Å². The Kier molecular flexibility index (Phi) is 6.02. The number of hydrogen-bond donors (Lipinski definition) is 2. The Morgan fingerprint density at radius 2 is 1.87 bits per heavy atom. The van der Waals surface area contributed by atoms with Gasteiger partial charge >= 0.3 is 0 Å². The molecule has 1 aliphatic carbocycles. The summed E-state index contributed by atoms with van der Waals surface area (Å²) < 4.78 is 13.1. The summed E-state index contributed by atoms with van der Waals surface area (Å²) in [5, 5.41) is 3.06. The van der Waals surface area contributed by atoms with Gasteiger partial charge in [-0.3, -0.25) is 9.59 Å².